The van der Waals surface area contributed by atoms with Crippen LogP contribution in [0, 0.1) is 0 Å². The van der Waals surface area contributed by atoms with Crippen LogP contribution in [0.2, 0.25) is 0 Å². The summed E-state index contributed by atoms with van der Waals surface area (Å²) in [6, 6.07) is 0.409. The fourth-order valence-electron chi connectivity index (χ4n) is 2.30. The summed E-state index contributed by atoms with van der Waals surface area (Å²) < 4.78 is 8.56. The minimum absolute atomic E-state index is 0.409. The van der Waals surface area contributed by atoms with Crippen LogP contribution in [0.4, 0.5) is 0 Å². The number of nitrogens with zero attached hydrogens (tertiary/aromatic N) is 2. The largest absolute Gasteiger partial charge is 0.383 e. The van der Waals surface area contributed by atoms with Crippen molar-refractivity contribution >= 4 is 15.9 Å². The van der Waals surface area contributed by atoms with Crippen molar-refractivity contribution in [3.8, 4) is 0 Å². The number of likely N-dealkylation sites (N-methyl/N-ethyl adjacent to an activating group) is 1. The number of methoxy groups -OCH3 is 1. The number of rotatable bonds is 9. The highest BCUT2D eigenvalue weighted by Crippen LogP contribution is 2.23. The fraction of sp³-hybridized carbons (Fsp3) is 0.786. The molecule has 0 radical (unpaired) electrons. The molecule has 5 heteroatoms. The molecule has 0 aliphatic carbocycles. The zero-order valence-electron chi connectivity index (χ0n) is 12.5. The van der Waals surface area contributed by atoms with E-state index in [1.54, 1.807) is 7.11 Å². The molecule has 1 N–H and O–H groups in total. The molecule has 1 aromatic heterocycles. The van der Waals surface area contributed by atoms with E-state index in [-0.39, 0.29) is 0 Å². The van der Waals surface area contributed by atoms with Crippen LogP contribution in [-0.2, 0) is 24.1 Å². The molecule has 1 aromatic rings. The third kappa shape index (κ3) is 4.58. The lowest BCUT2D eigenvalue weighted by Gasteiger charge is -2.17. The van der Waals surface area contributed by atoms with Gasteiger partial charge in [0.05, 0.1) is 22.5 Å². The second kappa shape index (κ2) is 8.72. The molecule has 0 saturated carbocycles. The average Bonchev–Trinajstić information content (AvgIpc) is 2.72. The van der Waals surface area contributed by atoms with Crippen LogP contribution in [0.3, 0.4) is 0 Å². The van der Waals surface area contributed by atoms with Gasteiger partial charge in [0.1, 0.15) is 0 Å². The van der Waals surface area contributed by atoms with E-state index in [0.717, 1.165) is 44.7 Å². The molecule has 0 aliphatic rings. The smallest absolute Gasteiger partial charge is 0.0766 e. The molecule has 0 aromatic carbocycles. The van der Waals surface area contributed by atoms with Gasteiger partial charge in [0.15, 0.2) is 0 Å². The predicted molar refractivity (Wildman–Crippen MR) is 82.6 cm³/mol. The number of aromatic nitrogens is 2. The van der Waals surface area contributed by atoms with Crippen molar-refractivity contribution < 1.29 is 4.74 Å². The first kappa shape index (κ1) is 16.7. The van der Waals surface area contributed by atoms with E-state index in [4.69, 9.17) is 4.74 Å². The van der Waals surface area contributed by atoms with E-state index in [1.807, 2.05) is 0 Å². The summed E-state index contributed by atoms with van der Waals surface area (Å²) in [5.74, 6) is 0. The molecule has 19 heavy (non-hydrogen) atoms. The number of aryl methyl sites for hydroxylation is 2. The van der Waals surface area contributed by atoms with Gasteiger partial charge in [-0.25, -0.2) is 0 Å². The summed E-state index contributed by atoms with van der Waals surface area (Å²) in [5, 5.41) is 8.10. The molecule has 0 aliphatic heterocycles. The third-order valence-corrected chi connectivity index (χ3v) is 4.20. The van der Waals surface area contributed by atoms with Gasteiger partial charge in [0.2, 0.25) is 0 Å². The van der Waals surface area contributed by atoms with E-state index in [2.05, 4.69) is 51.8 Å². The van der Waals surface area contributed by atoms with E-state index >= 15 is 0 Å². The number of nitrogens with one attached hydrogen (secondary N) is 1. The molecule has 4 nitrogen and oxygen atoms in total. The van der Waals surface area contributed by atoms with Gasteiger partial charge in [-0.2, -0.15) is 5.10 Å². The fourth-order valence-corrected chi connectivity index (χ4v) is 3.06. The summed E-state index contributed by atoms with van der Waals surface area (Å²) in [6.07, 6.45) is 3.05. The van der Waals surface area contributed by atoms with Crippen LogP contribution in [0.5, 0.6) is 0 Å². The number of hydrogen-bond donors (Lipinski definition) is 1. The molecule has 0 amide bonds. The predicted octanol–water partition coefficient (Wildman–Crippen LogP) is 2.79. The number of ether oxygens (including phenoxy) is 1. The van der Waals surface area contributed by atoms with Crippen LogP contribution in [-0.4, -0.2) is 36.1 Å². The van der Waals surface area contributed by atoms with Gasteiger partial charge >= 0.3 is 0 Å². The van der Waals surface area contributed by atoms with E-state index in [1.165, 1.54) is 10.2 Å². The summed E-state index contributed by atoms with van der Waals surface area (Å²) in [5.41, 5.74) is 2.46. The number of halogens is 1. The van der Waals surface area contributed by atoms with Crippen LogP contribution < -0.4 is 5.32 Å². The quantitative estimate of drug-likeness (QED) is 0.756. The Hall–Kier alpha value is -0.390. The normalized spacial score (nSPS) is 12.9. The van der Waals surface area contributed by atoms with Gasteiger partial charge in [-0.1, -0.05) is 13.8 Å². The van der Waals surface area contributed by atoms with Crippen molar-refractivity contribution in [2.45, 2.75) is 52.6 Å². The summed E-state index contributed by atoms with van der Waals surface area (Å²) in [7, 11) is 1.76. The van der Waals surface area contributed by atoms with E-state index < -0.39 is 0 Å². The molecule has 0 bridgehead atoms. The van der Waals surface area contributed by atoms with Crippen LogP contribution >= 0.6 is 15.9 Å². The number of hydrogen-bond acceptors (Lipinski definition) is 3. The lowest BCUT2D eigenvalue weighted by atomic mass is 10.1. The third-order valence-electron chi connectivity index (χ3n) is 3.28. The topological polar surface area (TPSA) is 39.1 Å². The Kier molecular flexibility index (Phi) is 7.64. The van der Waals surface area contributed by atoms with Gasteiger partial charge in [-0.3, -0.25) is 4.68 Å². The molecule has 0 fully saturated rings. The minimum Gasteiger partial charge on any atom is -0.383 e. The Morgan fingerprint density at radius 2 is 2.11 bits per heavy atom. The SMILES string of the molecule is CCNC(CCc1c(Br)c(CC)nn1CC)COC. The summed E-state index contributed by atoms with van der Waals surface area (Å²) in [4.78, 5) is 0. The van der Waals surface area contributed by atoms with E-state index in [9.17, 15) is 0 Å². The maximum absolute atomic E-state index is 5.26. The van der Waals surface area contributed by atoms with Crippen LogP contribution in [0.15, 0.2) is 4.47 Å². The molecule has 1 rings (SSSR count). The zero-order chi connectivity index (χ0) is 14.3. The van der Waals surface area contributed by atoms with Crippen molar-refractivity contribution in [3.63, 3.8) is 0 Å². The van der Waals surface area contributed by atoms with Crippen LogP contribution in [0.25, 0.3) is 0 Å². The standard InChI is InChI=1S/C14H26BrN3O/c1-5-12-14(15)13(18(7-3)17-12)9-8-11(10-19-4)16-6-2/h11,16H,5-10H2,1-4H3. The van der Waals surface area contributed by atoms with Crippen molar-refractivity contribution in [3.05, 3.63) is 15.9 Å². The Bertz CT molecular complexity index is 373. The maximum Gasteiger partial charge on any atom is 0.0766 e. The average molecular weight is 332 g/mol. The Balaban J connectivity index is 2.72. The summed E-state index contributed by atoms with van der Waals surface area (Å²) >= 11 is 3.70. The molecule has 1 unspecified atom stereocenters. The molecule has 110 valence electrons. The highest BCUT2D eigenvalue weighted by Gasteiger charge is 2.15. The monoisotopic (exact) mass is 331 g/mol. The first-order valence-corrected chi connectivity index (χ1v) is 7.93. The molecular weight excluding hydrogens is 306 g/mol. The van der Waals surface area contributed by atoms with Crippen molar-refractivity contribution in [2.75, 3.05) is 20.3 Å². The molecule has 1 heterocycles. The van der Waals surface area contributed by atoms with Gasteiger partial charge in [-0.05, 0) is 48.7 Å². The highest BCUT2D eigenvalue weighted by molar-refractivity contribution is 9.10. The molecular formula is C14H26BrN3O. The summed E-state index contributed by atoms with van der Waals surface area (Å²) in [6.45, 7) is 9.06. The Labute approximate surface area is 125 Å². The van der Waals surface area contributed by atoms with E-state index in [0.29, 0.717) is 6.04 Å². The van der Waals surface area contributed by atoms with Gasteiger partial charge in [0.25, 0.3) is 0 Å². The van der Waals surface area contributed by atoms with Gasteiger partial charge in [-0.15, -0.1) is 0 Å². The maximum atomic E-state index is 5.26. The van der Waals surface area contributed by atoms with Gasteiger partial charge in [0, 0.05) is 19.7 Å². The molecule has 1 atom stereocenters. The van der Waals surface area contributed by atoms with Crippen molar-refractivity contribution in [1.29, 1.82) is 0 Å². The second-order valence-corrected chi connectivity index (χ2v) is 5.42. The zero-order valence-corrected chi connectivity index (χ0v) is 14.1. The second-order valence-electron chi connectivity index (χ2n) is 4.63. The Morgan fingerprint density at radius 3 is 2.63 bits per heavy atom. The Morgan fingerprint density at radius 1 is 1.37 bits per heavy atom. The van der Waals surface area contributed by atoms with Crippen LogP contribution in [0.1, 0.15) is 38.6 Å². The lowest BCUT2D eigenvalue weighted by molar-refractivity contribution is 0.163. The van der Waals surface area contributed by atoms with Gasteiger partial charge < -0.3 is 10.1 Å². The molecule has 0 saturated heterocycles. The molecule has 0 spiro atoms. The lowest BCUT2D eigenvalue weighted by Crippen LogP contribution is -2.33. The first-order valence-electron chi connectivity index (χ1n) is 7.14. The highest BCUT2D eigenvalue weighted by atomic mass is 79.9. The minimum atomic E-state index is 0.409. The van der Waals surface area contributed by atoms with Crippen molar-refractivity contribution in [2.24, 2.45) is 0 Å². The van der Waals surface area contributed by atoms with Crippen molar-refractivity contribution in [1.82, 2.24) is 15.1 Å². The first-order chi connectivity index (χ1) is 9.17.